The molecule has 0 spiro atoms. The van der Waals surface area contributed by atoms with Crippen molar-refractivity contribution in [3.05, 3.63) is 24.0 Å². The van der Waals surface area contributed by atoms with Crippen LogP contribution in [-0.4, -0.2) is 61.6 Å². The molecular formula is C22H28N6O3S. The van der Waals surface area contributed by atoms with Crippen molar-refractivity contribution in [2.75, 3.05) is 19.3 Å². The Morgan fingerprint density at radius 1 is 1.25 bits per heavy atom. The van der Waals surface area contributed by atoms with Gasteiger partial charge in [0.1, 0.15) is 11.1 Å². The normalized spacial score (nSPS) is 15.4. The molecule has 0 radical (unpaired) electrons. The number of fused-ring (bicyclic) bond motifs is 3. The van der Waals surface area contributed by atoms with Gasteiger partial charge >= 0.3 is 6.09 Å². The van der Waals surface area contributed by atoms with Gasteiger partial charge in [-0.1, -0.05) is 17.8 Å². The zero-order valence-electron chi connectivity index (χ0n) is 18.8. The van der Waals surface area contributed by atoms with Crippen molar-refractivity contribution < 1.29 is 14.3 Å². The smallest absolute Gasteiger partial charge is 0.410 e. The van der Waals surface area contributed by atoms with E-state index < -0.39 is 11.5 Å². The number of piperidine rings is 1. The van der Waals surface area contributed by atoms with E-state index in [9.17, 15) is 9.59 Å². The minimum atomic E-state index is -0.563. The van der Waals surface area contributed by atoms with E-state index in [4.69, 9.17) is 10.5 Å². The van der Waals surface area contributed by atoms with Crippen LogP contribution in [-0.2, 0) is 11.3 Å². The Bertz CT molecular complexity index is 1180. The number of ether oxygens (including phenoxy) is 1. The van der Waals surface area contributed by atoms with Crippen molar-refractivity contribution in [2.24, 2.45) is 11.7 Å². The van der Waals surface area contributed by atoms with Gasteiger partial charge in [0.05, 0.1) is 5.52 Å². The Balaban J connectivity index is 1.61. The second kappa shape index (κ2) is 8.57. The van der Waals surface area contributed by atoms with Crippen LogP contribution in [0.1, 0.15) is 44.1 Å². The van der Waals surface area contributed by atoms with Crippen LogP contribution in [0.4, 0.5) is 4.79 Å². The first kappa shape index (κ1) is 22.3. The topological polar surface area (TPSA) is 116 Å². The summed E-state index contributed by atoms with van der Waals surface area (Å²) in [5.74, 6) is -0.262. The number of likely N-dealkylation sites (tertiary alicyclic amines) is 1. The summed E-state index contributed by atoms with van der Waals surface area (Å²) in [6.07, 6.45) is 5.08. The van der Waals surface area contributed by atoms with Gasteiger partial charge in [-0.2, -0.15) is 5.10 Å². The van der Waals surface area contributed by atoms with E-state index in [-0.39, 0.29) is 11.8 Å². The number of aromatic nitrogens is 4. The van der Waals surface area contributed by atoms with Crippen LogP contribution in [0.5, 0.6) is 0 Å². The van der Waals surface area contributed by atoms with Crippen molar-refractivity contribution >= 4 is 45.6 Å². The molecule has 0 atom stereocenters. The van der Waals surface area contributed by atoms with Crippen molar-refractivity contribution in [1.82, 2.24) is 24.6 Å². The monoisotopic (exact) mass is 456 g/mol. The predicted molar refractivity (Wildman–Crippen MR) is 124 cm³/mol. The maximum atomic E-state index is 12.4. The van der Waals surface area contributed by atoms with Crippen LogP contribution in [0.2, 0.25) is 0 Å². The largest absolute Gasteiger partial charge is 0.444 e. The molecule has 0 bridgehead atoms. The summed E-state index contributed by atoms with van der Waals surface area (Å²) in [5.41, 5.74) is 6.91. The quantitative estimate of drug-likeness (QED) is 0.472. The van der Waals surface area contributed by atoms with Crippen LogP contribution in [0, 0.1) is 5.92 Å². The molecule has 1 aromatic carbocycles. The maximum absolute atomic E-state index is 12.4. The zero-order valence-corrected chi connectivity index (χ0v) is 19.6. The third-order valence-electron chi connectivity index (χ3n) is 5.55. The Labute approximate surface area is 190 Å². The molecular weight excluding hydrogens is 428 g/mol. The molecule has 4 rings (SSSR count). The molecule has 10 heteroatoms. The molecule has 1 aliphatic heterocycles. The van der Waals surface area contributed by atoms with Gasteiger partial charge < -0.3 is 15.4 Å². The number of carbonyl (C=O) groups excluding carboxylic acids is 2. The second-order valence-electron chi connectivity index (χ2n) is 9.06. The highest BCUT2D eigenvalue weighted by Gasteiger charge is 2.28. The highest BCUT2D eigenvalue weighted by atomic mass is 32.2. The molecule has 2 aromatic heterocycles. The summed E-state index contributed by atoms with van der Waals surface area (Å²) in [7, 11) is 0. The van der Waals surface area contributed by atoms with E-state index >= 15 is 0 Å². The molecule has 0 aliphatic carbocycles. The minimum absolute atomic E-state index is 0.248. The fourth-order valence-corrected chi connectivity index (χ4v) is 4.37. The highest BCUT2D eigenvalue weighted by Crippen LogP contribution is 2.29. The van der Waals surface area contributed by atoms with Gasteiger partial charge in [0.15, 0.2) is 10.9 Å². The van der Waals surface area contributed by atoms with E-state index in [0.717, 1.165) is 29.3 Å². The van der Waals surface area contributed by atoms with E-state index in [1.807, 2.05) is 43.8 Å². The number of thioether (sulfide) groups is 1. The molecule has 3 aromatic rings. The van der Waals surface area contributed by atoms with Crippen molar-refractivity contribution in [3.63, 3.8) is 0 Å². The molecule has 3 heterocycles. The number of amides is 2. The Hall–Kier alpha value is -2.88. The van der Waals surface area contributed by atoms with E-state index in [1.165, 1.54) is 11.8 Å². The lowest BCUT2D eigenvalue weighted by molar-refractivity contribution is 0.0177. The number of nitrogens with two attached hydrogens (primary N) is 1. The van der Waals surface area contributed by atoms with Crippen molar-refractivity contribution in [3.8, 4) is 0 Å². The van der Waals surface area contributed by atoms with Crippen LogP contribution in [0.25, 0.3) is 21.8 Å². The minimum Gasteiger partial charge on any atom is -0.444 e. The van der Waals surface area contributed by atoms with Crippen LogP contribution in [0.15, 0.2) is 23.5 Å². The summed E-state index contributed by atoms with van der Waals surface area (Å²) < 4.78 is 7.34. The third-order valence-corrected chi connectivity index (χ3v) is 6.11. The van der Waals surface area contributed by atoms with Gasteiger partial charge in [-0.25, -0.2) is 14.8 Å². The number of nitrogens with zero attached hydrogens (tertiary/aromatic N) is 5. The van der Waals surface area contributed by atoms with Gasteiger partial charge in [0, 0.05) is 36.6 Å². The van der Waals surface area contributed by atoms with Crippen molar-refractivity contribution in [2.45, 2.75) is 50.9 Å². The predicted octanol–water partition coefficient (Wildman–Crippen LogP) is 3.45. The molecule has 1 saturated heterocycles. The molecule has 0 saturated carbocycles. The lowest BCUT2D eigenvalue weighted by Gasteiger charge is -2.33. The molecule has 1 aliphatic rings. The van der Waals surface area contributed by atoms with Gasteiger partial charge in [0.25, 0.3) is 5.91 Å². The SMILES string of the molecule is CSc1ncc2ccc3c(C(N)=O)nn(CC4CCN(C(=O)OC(C)(C)C)CC4)c3c2n1. The number of rotatable bonds is 4. The van der Waals surface area contributed by atoms with Crippen LogP contribution >= 0.6 is 11.8 Å². The zero-order chi connectivity index (χ0) is 23.0. The van der Waals surface area contributed by atoms with Crippen molar-refractivity contribution in [1.29, 1.82) is 0 Å². The lowest BCUT2D eigenvalue weighted by atomic mass is 9.97. The number of benzene rings is 1. The highest BCUT2D eigenvalue weighted by molar-refractivity contribution is 7.98. The fraction of sp³-hybridized carbons (Fsp3) is 0.500. The molecule has 0 unspecified atom stereocenters. The second-order valence-corrected chi connectivity index (χ2v) is 9.84. The van der Waals surface area contributed by atoms with Gasteiger partial charge in [-0.15, -0.1) is 0 Å². The van der Waals surface area contributed by atoms with E-state index in [0.29, 0.717) is 36.1 Å². The summed E-state index contributed by atoms with van der Waals surface area (Å²) in [6, 6.07) is 3.74. The summed E-state index contributed by atoms with van der Waals surface area (Å²) in [4.78, 5) is 35.2. The standard InChI is InChI=1S/C22H28N6O3S/c1-22(2,3)31-21(30)27-9-7-13(8-10-27)12-28-18-15(17(26-28)19(23)29)6-5-14-11-24-20(32-4)25-16(14)18/h5-6,11,13H,7-10,12H2,1-4H3,(H2,23,29). The third kappa shape index (κ3) is 4.50. The Morgan fingerprint density at radius 3 is 2.59 bits per heavy atom. The van der Waals surface area contributed by atoms with E-state index in [2.05, 4.69) is 15.1 Å². The summed E-state index contributed by atoms with van der Waals surface area (Å²) in [6.45, 7) is 7.47. The average Bonchev–Trinajstić information content (AvgIpc) is 3.11. The molecule has 2 N–H and O–H groups in total. The first-order valence-electron chi connectivity index (χ1n) is 10.6. The first-order valence-corrected chi connectivity index (χ1v) is 11.9. The molecule has 2 amide bonds. The number of hydrogen-bond donors (Lipinski definition) is 1. The lowest BCUT2D eigenvalue weighted by Crippen LogP contribution is -2.42. The Kier molecular flexibility index (Phi) is 5.98. The molecule has 9 nitrogen and oxygen atoms in total. The summed E-state index contributed by atoms with van der Waals surface area (Å²) in [5, 5.41) is 6.80. The van der Waals surface area contributed by atoms with Crippen LogP contribution in [0.3, 0.4) is 0 Å². The fourth-order valence-electron chi connectivity index (χ4n) is 4.02. The molecule has 32 heavy (non-hydrogen) atoms. The van der Waals surface area contributed by atoms with Gasteiger partial charge in [-0.3, -0.25) is 9.48 Å². The average molecular weight is 457 g/mol. The molecule has 170 valence electrons. The number of carbonyl (C=O) groups is 2. The number of primary amides is 1. The maximum Gasteiger partial charge on any atom is 0.410 e. The van der Waals surface area contributed by atoms with Gasteiger partial charge in [-0.05, 0) is 51.9 Å². The van der Waals surface area contributed by atoms with Crippen LogP contribution < -0.4 is 5.73 Å². The molecule has 1 fully saturated rings. The summed E-state index contributed by atoms with van der Waals surface area (Å²) >= 11 is 1.46. The van der Waals surface area contributed by atoms with E-state index in [1.54, 1.807) is 11.1 Å². The van der Waals surface area contributed by atoms with Gasteiger partial charge in [0.2, 0.25) is 0 Å². The first-order chi connectivity index (χ1) is 15.2. The Morgan fingerprint density at radius 2 is 1.97 bits per heavy atom. The number of hydrogen-bond acceptors (Lipinski definition) is 7.